The Kier molecular flexibility index (Phi) is 11.1. The van der Waals surface area contributed by atoms with Gasteiger partial charge < -0.3 is 34.8 Å². The van der Waals surface area contributed by atoms with Gasteiger partial charge in [0.05, 0.1) is 19.8 Å². The molecular weight excluding hydrogens is 380 g/mol. The fourth-order valence-corrected chi connectivity index (χ4v) is 3.55. The van der Waals surface area contributed by atoms with E-state index in [9.17, 15) is 25.2 Å². The number of hydrogen-bond donors (Lipinski definition) is 4. The van der Waals surface area contributed by atoms with Gasteiger partial charge in [-0.25, -0.2) is 0 Å². The molecular formula is C20H36N2O7. The highest BCUT2D eigenvalue weighted by Crippen LogP contribution is 2.15. The minimum absolute atomic E-state index is 0.0695. The van der Waals surface area contributed by atoms with Crippen molar-refractivity contribution in [1.29, 1.82) is 0 Å². The van der Waals surface area contributed by atoms with Crippen LogP contribution in [0.1, 0.15) is 25.7 Å². The maximum atomic E-state index is 12.7. The molecule has 0 radical (unpaired) electrons. The van der Waals surface area contributed by atoms with E-state index in [2.05, 4.69) is 4.90 Å². The zero-order valence-corrected chi connectivity index (χ0v) is 17.1. The molecule has 0 aromatic heterocycles. The molecule has 0 aromatic rings. The van der Waals surface area contributed by atoms with Crippen LogP contribution in [-0.4, -0.2) is 120 Å². The molecule has 29 heavy (non-hydrogen) atoms. The van der Waals surface area contributed by atoms with E-state index < -0.39 is 31.0 Å². The Morgan fingerprint density at radius 3 is 2.52 bits per heavy atom. The van der Waals surface area contributed by atoms with Gasteiger partial charge in [-0.1, -0.05) is 18.9 Å². The lowest BCUT2D eigenvalue weighted by atomic mass is 10.0. The van der Waals surface area contributed by atoms with E-state index in [0.717, 1.165) is 38.8 Å². The molecule has 2 aliphatic rings. The highest BCUT2D eigenvalue weighted by molar-refractivity contribution is 5.87. The Bertz CT molecular complexity index is 499. The average Bonchev–Trinajstić information content (AvgIpc) is 2.73. The van der Waals surface area contributed by atoms with Gasteiger partial charge >= 0.3 is 0 Å². The fraction of sp³-hybridized carbons (Fsp3) is 0.850. The maximum absolute atomic E-state index is 12.7. The van der Waals surface area contributed by atoms with E-state index in [1.807, 2.05) is 6.08 Å². The first-order valence-corrected chi connectivity index (χ1v) is 10.5. The highest BCUT2D eigenvalue weighted by atomic mass is 16.5. The van der Waals surface area contributed by atoms with E-state index in [1.165, 1.54) is 11.0 Å². The van der Waals surface area contributed by atoms with Crippen LogP contribution in [0.15, 0.2) is 12.2 Å². The van der Waals surface area contributed by atoms with Crippen molar-refractivity contribution in [3.63, 3.8) is 0 Å². The predicted molar refractivity (Wildman–Crippen MR) is 106 cm³/mol. The summed E-state index contributed by atoms with van der Waals surface area (Å²) >= 11 is 0. The van der Waals surface area contributed by atoms with Crippen LogP contribution in [0.25, 0.3) is 0 Å². The lowest BCUT2D eigenvalue weighted by Gasteiger charge is -2.33. The second kappa shape index (κ2) is 13.3. The average molecular weight is 417 g/mol. The fourth-order valence-electron chi connectivity index (χ4n) is 3.55. The van der Waals surface area contributed by atoms with Gasteiger partial charge in [0, 0.05) is 45.4 Å². The quantitative estimate of drug-likeness (QED) is 0.410. The molecule has 0 unspecified atom stereocenters. The van der Waals surface area contributed by atoms with Gasteiger partial charge in [0.25, 0.3) is 0 Å². The van der Waals surface area contributed by atoms with Crippen LogP contribution in [0.5, 0.6) is 0 Å². The molecule has 0 saturated carbocycles. The van der Waals surface area contributed by atoms with E-state index in [0.29, 0.717) is 32.9 Å². The van der Waals surface area contributed by atoms with E-state index >= 15 is 0 Å². The number of hydrogen-bond acceptors (Lipinski definition) is 8. The first-order valence-electron chi connectivity index (χ1n) is 10.5. The smallest absolute Gasteiger partial charge is 0.246 e. The summed E-state index contributed by atoms with van der Waals surface area (Å²) in [6.45, 7) is 3.89. The Morgan fingerprint density at radius 2 is 1.79 bits per heavy atom. The molecule has 0 bridgehead atoms. The summed E-state index contributed by atoms with van der Waals surface area (Å²) in [5.74, 6) is -0.221. The lowest BCUT2D eigenvalue weighted by molar-refractivity contribution is -0.150. The first kappa shape index (κ1) is 24.2. The van der Waals surface area contributed by atoms with Crippen LogP contribution in [0, 0.1) is 0 Å². The minimum Gasteiger partial charge on any atom is -0.394 e. The number of carbonyl (C=O) groups is 1. The van der Waals surface area contributed by atoms with Gasteiger partial charge in [-0.05, 0) is 12.8 Å². The number of amides is 1. The normalized spacial score (nSPS) is 29.9. The summed E-state index contributed by atoms with van der Waals surface area (Å²) in [6.07, 6.45) is 1.56. The molecule has 9 heteroatoms. The molecule has 2 saturated heterocycles. The number of β-amino-alcohol motifs (C(OH)–C–C–N with tert-alkyl or cyclic N) is 1. The summed E-state index contributed by atoms with van der Waals surface area (Å²) in [6, 6.07) is 0. The van der Waals surface area contributed by atoms with Gasteiger partial charge in [-0.15, -0.1) is 0 Å². The maximum Gasteiger partial charge on any atom is 0.246 e. The summed E-state index contributed by atoms with van der Waals surface area (Å²) in [4.78, 5) is 16.4. The minimum atomic E-state index is -1.41. The Hall–Kier alpha value is -1.07. The van der Waals surface area contributed by atoms with Gasteiger partial charge in [-0.2, -0.15) is 0 Å². The Labute approximate surface area is 172 Å². The number of carbonyl (C=O) groups excluding carboxylic acids is 1. The number of ether oxygens (including phenoxy) is 2. The third kappa shape index (κ3) is 8.29. The van der Waals surface area contributed by atoms with Crippen LogP contribution in [-0.2, 0) is 14.3 Å². The zero-order chi connectivity index (χ0) is 21.1. The van der Waals surface area contributed by atoms with Crippen LogP contribution < -0.4 is 0 Å². The molecule has 1 amide bonds. The third-order valence-corrected chi connectivity index (χ3v) is 5.38. The Morgan fingerprint density at radius 1 is 1.07 bits per heavy atom. The molecule has 2 aliphatic heterocycles. The number of nitrogens with zero attached hydrogens (tertiary/aromatic N) is 2. The van der Waals surface area contributed by atoms with E-state index in [1.54, 1.807) is 0 Å². The zero-order valence-electron chi connectivity index (χ0n) is 17.1. The van der Waals surface area contributed by atoms with Crippen molar-refractivity contribution < 1.29 is 34.7 Å². The molecule has 9 nitrogen and oxygen atoms in total. The third-order valence-electron chi connectivity index (χ3n) is 5.38. The van der Waals surface area contributed by atoms with Crippen molar-refractivity contribution >= 4 is 5.91 Å². The van der Waals surface area contributed by atoms with Gasteiger partial charge in [0.2, 0.25) is 5.91 Å². The number of rotatable bonds is 5. The van der Waals surface area contributed by atoms with Crippen molar-refractivity contribution in [1.82, 2.24) is 9.80 Å². The summed E-state index contributed by atoms with van der Waals surface area (Å²) in [5.41, 5.74) is 0. The molecule has 0 aliphatic carbocycles. The van der Waals surface area contributed by atoms with Crippen molar-refractivity contribution in [3.8, 4) is 0 Å². The second-order valence-electron chi connectivity index (χ2n) is 7.66. The largest absolute Gasteiger partial charge is 0.394 e. The summed E-state index contributed by atoms with van der Waals surface area (Å²) in [7, 11) is 0. The first-order chi connectivity index (χ1) is 14.0. The molecule has 4 atom stereocenters. The highest BCUT2D eigenvalue weighted by Gasteiger charge is 2.34. The van der Waals surface area contributed by atoms with Crippen molar-refractivity contribution in [3.05, 3.63) is 12.2 Å². The summed E-state index contributed by atoms with van der Waals surface area (Å²) in [5, 5.41) is 40.1. The second-order valence-corrected chi connectivity index (χ2v) is 7.66. The topological polar surface area (TPSA) is 123 Å². The monoisotopic (exact) mass is 416 g/mol. The van der Waals surface area contributed by atoms with Crippen LogP contribution >= 0.6 is 0 Å². The number of aliphatic hydroxyl groups is 4. The van der Waals surface area contributed by atoms with Gasteiger partial charge in [-0.3, -0.25) is 9.69 Å². The van der Waals surface area contributed by atoms with Crippen LogP contribution in [0.2, 0.25) is 0 Å². The standard InChI is InChI=1S/C20H36N2O7/c23-15-17(25)20-19(27)16(24)14-22(8-3-1-2-4-11-29-20)18(26)6-5-7-21-9-12-28-13-10-21/h5-6,16-17,19-20,23-25,27H,1-4,7-15H2/b6-5+/t16-,17-,19-,20-/m1/s1. The van der Waals surface area contributed by atoms with Crippen molar-refractivity contribution in [2.24, 2.45) is 0 Å². The predicted octanol–water partition coefficient (Wildman–Crippen LogP) is -1.26. The molecule has 0 spiro atoms. The molecule has 4 N–H and O–H groups in total. The molecule has 2 heterocycles. The molecule has 0 aromatic carbocycles. The van der Waals surface area contributed by atoms with E-state index in [4.69, 9.17) is 9.47 Å². The van der Waals surface area contributed by atoms with Crippen molar-refractivity contribution in [2.45, 2.75) is 50.1 Å². The van der Waals surface area contributed by atoms with Gasteiger partial charge in [0.1, 0.15) is 24.4 Å². The van der Waals surface area contributed by atoms with E-state index in [-0.39, 0.29) is 12.5 Å². The van der Waals surface area contributed by atoms with Gasteiger partial charge in [0.15, 0.2) is 0 Å². The molecule has 2 rings (SSSR count). The Balaban J connectivity index is 1.97. The SMILES string of the molecule is O=C(/C=C/CN1CCOCC1)N1CCCCCCO[C@H]([C@H](O)CO)[C@H](O)[C@H](O)C1. The summed E-state index contributed by atoms with van der Waals surface area (Å²) < 4.78 is 10.8. The molecule has 168 valence electrons. The lowest BCUT2D eigenvalue weighted by Crippen LogP contribution is -2.52. The molecule has 2 fully saturated rings. The number of morpholine rings is 1. The van der Waals surface area contributed by atoms with Crippen LogP contribution in [0.3, 0.4) is 0 Å². The van der Waals surface area contributed by atoms with Crippen molar-refractivity contribution in [2.75, 3.05) is 59.2 Å². The van der Waals surface area contributed by atoms with Crippen LogP contribution in [0.4, 0.5) is 0 Å². The number of aliphatic hydroxyl groups excluding tert-OH is 4.